The van der Waals surface area contributed by atoms with Crippen LogP contribution in [0.4, 0.5) is 0 Å². The van der Waals surface area contributed by atoms with Crippen molar-refractivity contribution >= 4 is 23.2 Å². The first-order valence-electron chi connectivity index (χ1n) is 10.3. The van der Waals surface area contributed by atoms with Crippen molar-refractivity contribution in [3.8, 4) is 0 Å². The number of nitrogens with zero attached hydrogens (tertiary/aromatic N) is 2. The lowest BCUT2D eigenvalue weighted by molar-refractivity contribution is -0.141. The summed E-state index contributed by atoms with van der Waals surface area (Å²) in [5.74, 6) is 0.106. The third-order valence-electron chi connectivity index (χ3n) is 4.66. The molecule has 0 atom stereocenters. The Kier molecular flexibility index (Phi) is 9.77. The van der Waals surface area contributed by atoms with Crippen LogP contribution in [0.1, 0.15) is 56.4 Å². The van der Waals surface area contributed by atoms with Gasteiger partial charge in [0.15, 0.2) is 0 Å². The highest BCUT2D eigenvalue weighted by Gasteiger charge is 2.21. The van der Waals surface area contributed by atoms with E-state index in [1.54, 1.807) is 16.2 Å². The molecule has 2 amide bonds. The Morgan fingerprint density at radius 1 is 0.857 bits per heavy atom. The number of carbonyl (C=O) groups is 2. The van der Waals surface area contributed by atoms with Crippen molar-refractivity contribution in [3.63, 3.8) is 0 Å². The molecule has 0 saturated carbocycles. The van der Waals surface area contributed by atoms with Crippen LogP contribution in [0.5, 0.6) is 0 Å². The van der Waals surface area contributed by atoms with E-state index in [-0.39, 0.29) is 18.4 Å². The lowest BCUT2D eigenvalue weighted by atomic mass is 10.2. The minimum atomic E-state index is 0.00884. The molecule has 0 radical (unpaired) electrons. The molecule has 4 nitrogen and oxygen atoms in total. The molecule has 5 heteroatoms. The topological polar surface area (TPSA) is 40.6 Å². The normalized spacial score (nSPS) is 10.6. The molecule has 1 aromatic heterocycles. The number of hydrogen-bond donors (Lipinski definition) is 0. The molecule has 0 fully saturated rings. The van der Waals surface area contributed by atoms with Crippen molar-refractivity contribution in [3.05, 3.63) is 58.3 Å². The summed E-state index contributed by atoms with van der Waals surface area (Å²) in [6, 6.07) is 14.1. The Morgan fingerprint density at radius 2 is 1.64 bits per heavy atom. The fourth-order valence-electron chi connectivity index (χ4n) is 3.14. The van der Waals surface area contributed by atoms with Crippen LogP contribution < -0.4 is 0 Å². The van der Waals surface area contributed by atoms with E-state index in [1.807, 2.05) is 53.6 Å². The van der Waals surface area contributed by atoms with E-state index >= 15 is 0 Å². The van der Waals surface area contributed by atoms with Gasteiger partial charge in [-0.05, 0) is 29.9 Å². The highest BCUT2D eigenvalue weighted by Crippen LogP contribution is 2.15. The molecule has 0 saturated heterocycles. The molecular formula is C23H32N2O2S. The molecule has 0 N–H and O–H groups in total. The van der Waals surface area contributed by atoms with Crippen molar-refractivity contribution in [2.75, 3.05) is 13.1 Å². The molecule has 152 valence electrons. The number of carbonyl (C=O) groups excluding carboxylic acids is 2. The maximum Gasteiger partial charge on any atom is 0.242 e. The van der Waals surface area contributed by atoms with Gasteiger partial charge in [0.2, 0.25) is 11.8 Å². The largest absolute Gasteiger partial charge is 0.333 e. The first kappa shape index (κ1) is 22.2. The average molecular weight is 401 g/mol. The average Bonchev–Trinajstić information content (AvgIpc) is 3.21. The van der Waals surface area contributed by atoms with Crippen LogP contribution in [0.25, 0.3) is 0 Å². The zero-order chi connectivity index (χ0) is 20.2. The molecule has 1 heterocycles. The molecule has 2 rings (SSSR count). The van der Waals surface area contributed by atoms with Crippen LogP contribution in [0.3, 0.4) is 0 Å². The Morgan fingerprint density at radius 3 is 2.29 bits per heavy atom. The Labute approximate surface area is 173 Å². The molecule has 0 aliphatic carbocycles. The Hall–Kier alpha value is -2.14. The van der Waals surface area contributed by atoms with E-state index in [0.717, 1.165) is 36.1 Å². The summed E-state index contributed by atoms with van der Waals surface area (Å²) >= 11 is 1.65. The van der Waals surface area contributed by atoms with Crippen molar-refractivity contribution < 1.29 is 9.59 Å². The number of hydrogen-bond acceptors (Lipinski definition) is 3. The zero-order valence-corrected chi connectivity index (χ0v) is 17.9. The summed E-state index contributed by atoms with van der Waals surface area (Å²) < 4.78 is 0. The van der Waals surface area contributed by atoms with Crippen molar-refractivity contribution in [2.45, 2.75) is 59.0 Å². The van der Waals surface area contributed by atoms with Gasteiger partial charge in [-0.15, -0.1) is 11.3 Å². The predicted octanol–water partition coefficient (Wildman–Crippen LogP) is 5.10. The lowest BCUT2D eigenvalue weighted by Gasteiger charge is -2.27. The van der Waals surface area contributed by atoms with Gasteiger partial charge >= 0.3 is 0 Å². The third-order valence-corrected chi connectivity index (χ3v) is 5.52. The molecule has 0 unspecified atom stereocenters. The van der Waals surface area contributed by atoms with Crippen LogP contribution in [-0.4, -0.2) is 34.7 Å². The highest BCUT2D eigenvalue weighted by atomic mass is 32.1. The number of unbranched alkanes of at least 4 members (excludes halogenated alkanes) is 2. The standard InChI is InChI=1S/C23H32N2O2S/c1-3-5-7-14-22(26)24(15-4-2)19-23(27)25(18-21-13-10-16-28-21)17-20-11-8-6-9-12-20/h6,8-13,16H,3-5,7,14-15,17-19H2,1-2H3. The van der Waals surface area contributed by atoms with Crippen molar-refractivity contribution in [1.29, 1.82) is 0 Å². The van der Waals surface area contributed by atoms with E-state index in [2.05, 4.69) is 13.0 Å². The van der Waals surface area contributed by atoms with Crippen LogP contribution in [-0.2, 0) is 22.7 Å². The van der Waals surface area contributed by atoms with Gasteiger partial charge in [-0.25, -0.2) is 0 Å². The fraction of sp³-hybridized carbons (Fsp3) is 0.478. The lowest BCUT2D eigenvalue weighted by Crippen LogP contribution is -2.42. The second-order valence-electron chi connectivity index (χ2n) is 7.09. The maximum atomic E-state index is 13.1. The SMILES string of the molecule is CCCCCC(=O)N(CCC)CC(=O)N(Cc1ccccc1)Cc1cccs1. The maximum absolute atomic E-state index is 13.1. The quantitative estimate of drug-likeness (QED) is 0.465. The number of thiophene rings is 1. The predicted molar refractivity (Wildman–Crippen MR) is 116 cm³/mol. The van der Waals surface area contributed by atoms with Crippen molar-refractivity contribution in [2.24, 2.45) is 0 Å². The highest BCUT2D eigenvalue weighted by molar-refractivity contribution is 7.09. The first-order valence-corrected chi connectivity index (χ1v) is 11.1. The number of amides is 2. The zero-order valence-electron chi connectivity index (χ0n) is 17.1. The van der Waals surface area contributed by atoms with Crippen molar-refractivity contribution in [1.82, 2.24) is 9.80 Å². The van der Waals surface area contributed by atoms with Crippen LogP contribution in [0.2, 0.25) is 0 Å². The summed E-state index contributed by atoms with van der Waals surface area (Å²) in [5.41, 5.74) is 1.10. The van der Waals surface area contributed by atoms with Crippen LogP contribution in [0.15, 0.2) is 47.8 Å². The molecule has 0 aliphatic rings. The third kappa shape index (κ3) is 7.47. The number of rotatable bonds is 12. The summed E-state index contributed by atoms with van der Waals surface area (Å²) in [6.07, 6.45) is 4.43. The molecule has 0 bridgehead atoms. The molecular weight excluding hydrogens is 368 g/mol. The summed E-state index contributed by atoms with van der Waals surface area (Å²) in [4.78, 5) is 30.5. The van der Waals surface area contributed by atoms with E-state index in [1.165, 1.54) is 0 Å². The minimum absolute atomic E-state index is 0.00884. The molecule has 2 aromatic rings. The van der Waals surface area contributed by atoms with Gasteiger partial charge in [0.25, 0.3) is 0 Å². The van der Waals surface area contributed by atoms with Gasteiger partial charge in [0, 0.05) is 24.4 Å². The van der Waals surface area contributed by atoms with Gasteiger partial charge in [-0.1, -0.05) is 63.1 Å². The Balaban J connectivity index is 2.06. The fourth-order valence-corrected chi connectivity index (χ4v) is 3.86. The minimum Gasteiger partial charge on any atom is -0.333 e. The van der Waals surface area contributed by atoms with Crippen LogP contribution in [0, 0.1) is 0 Å². The summed E-state index contributed by atoms with van der Waals surface area (Å²) in [5, 5.41) is 2.03. The van der Waals surface area contributed by atoms with Gasteiger partial charge in [0.05, 0.1) is 13.1 Å². The van der Waals surface area contributed by atoms with E-state index in [4.69, 9.17) is 0 Å². The van der Waals surface area contributed by atoms with Gasteiger partial charge in [-0.2, -0.15) is 0 Å². The molecule has 28 heavy (non-hydrogen) atoms. The van der Waals surface area contributed by atoms with E-state index in [0.29, 0.717) is 26.1 Å². The molecule has 1 aromatic carbocycles. The second kappa shape index (κ2) is 12.3. The van der Waals surface area contributed by atoms with Crippen LogP contribution >= 0.6 is 11.3 Å². The summed E-state index contributed by atoms with van der Waals surface area (Å²) in [6.45, 7) is 6.11. The van der Waals surface area contributed by atoms with Gasteiger partial charge < -0.3 is 9.80 Å². The monoisotopic (exact) mass is 400 g/mol. The second-order valence-corrected chi connectivity index (χ2v) is 8.12. The van der Waals surface area contributed by atoms with Gasteiger partial charge in [-0.3, -0.25) is 9.59 Å². The first-order chi connectivity index (χ1) is 13.6. The number of benzene rings is 1. The molecule has 0 spiro atoms. The summed E-state index contributed by atoms with van der Waals surface area (Å²) in [7, 11) is 0. The smallest absolute Gasteiger partial charge is 0.242 e. The molecule has 0 aliphatic heterocycles. The van der Waals surface area contributed by atoms with E-state index < -0.39 is 0 Å². The Bertz CT molecular complexity index is 701. The van der Waals surface area contributed by atoms with Gasteiger partial charge in [0.1, 0.15) is 0 Å². The van der Waals surface area contributed by atoms with E-state index in [9.17, 15) is 9.59 Å².